The van der Waals surface area contributed by atoms with Gasteiger partial charge in [0.2, 0.25) is 0 Å². The third-order valence-electron chi connectivity index (χ3n) is 3.44. The average Bonchev–Trinajstić information content (AvgIpc) is 2.88. The highest BCUT2D eigenvalue weighted by molar-refractivity contribution is 8.00. The number of amides is 1. The first-order valence-electron chi connectivity index (χ1n) is 7.04. The minimum Gasteiger partial charge on any atom is -0.348 e. The van der Waals surface area contributed by atoms with E-state index in [-0.39, 0.29) is 11.8 Å². The monoisotopic (exact) mass is 302 g/mol. The van der Waals surface area contributed by atoms with Gasteiger partial charge < -0.3 is 5.32 Å². The van der Waals surface area contributed by atoms with Gasteiger partial charge in [0.15, 0.2) is 5.82 Å². The van der Waals surface area contributed by atoms with Crippen molar-refractivity contribution >= 4 is 17.7 Å². The first-order valence-corrected chi connectivity index (χ1v) is 8.20. The van der Waals surface area contributed by atoms with Crippen LogP contribution >= 0.6 is 11.8 Å². The topological polar surface area (TPSA) is 59.8 Å². The van der Waals surface area contributed by atoms with Crippen molar-refractivity contribution in [2.75, 3.05) is 11.5 Å². The summed E-state index contributed by atoms with van der Waals surface area (Å²) in [4.78, 5) is 16.7. The minimum absolute atomic E-state index is 0.0359. The lowest BCUT2D eigenvalue weighted by molar-refractivity contribution is 0.0941. The number of thioether (sulfide) groups is 1. The molecule has 2 aromatic rings. The molecule has 1 aliphatic heterocycles. The van der Waals surface area contributed by atoms with Gasteiger partial charge in [0.05, 0.1) is 17.5 Å². The van der Waals surface area contributed by atoms with Crippen molar-refractivity contribution in [3.05, 3.63) is 41.9 Å². The fraction of sp³-hybridized carbons (Fsp3) is 0.400. The van der Waals surface area contributed by atoms with Crippen LogP contribution in [-0.2, 0) is 0 Å². The van der Waals surface area contributed by atoms with E-state index >= 15 is 0 Å². The molecule has 0 spiro atoms. The maximum absolute atomic E-state index is 12.4. The summed E-state index contributed by atoms with van der Waals surface area (Å²) in [7, 11) is 0. The van der Waals surface area contributed by atoms with E-state index in [0.29, 0.717) is 11.6 Å². The van der Waals surface area contributed by atoms with E-state index in [9.17, 15) is 4.79 Å². The van der Waals surface area contributed by atoms with Crippen molar-refractivity contribution < 1.29 is 4.79 Å². The number of pyridine rings is 1. The molecule has 1 N–H and O–H groups in total. The van der Waals surface area contributed by atoms with Crippen LogP contribution in [0.15, 0.2) is 30.6 Å². The van der Waals surface area contributed by atoms with E-state index in [4.69, 9.17) is 0 Å². The van der Waals surface area contributed by atoms with Gasteiger partial charge in [-0.05, 0) is 18.1 Å². The zero-order valence-corrected chi connectivity index (χ0v) is 12.9. The van der Waals surface area contributed by atoms with Crippen LogP contribution in [0.2, 0.25) is 0 Å². The van der Waals surface area contributed by atoms with Crippen LogP contribution in [0.3, 0.4) is 0 Å². The predicted octanol–water partition coefficient (Wildman–Crippen LogP) is 2.24. The number of carbonyl (C=O) groups excluding carboxylic acids is 1. The normalized spacial score (nSPS) is 15.0. The van der Waals surface area contributed by atoms with Crippen LogP contribution in [0, 0.1) is 0 Å². The first-order chi connectivity index (χ1) is 10.2. The molecule has 3 heterocycles. The Morgan fingerprint density at radius 2 is 2.24 bits per heavy atom. The van der Waals surface area contributed by atoms with Gasteiger partial charge in [-0.2, -0.15) is 16.9 Å². The number of aromatic nitrogens is 3. The summed E-state index contributed by atoms with van der Waals surface area (Å²) in [6.45, 7) is 4.12. The lowest BCUT2D eigenvalue weighted by atomic mass is 10.1. The van der Waals surface area contributed by atoms with Crippen LogP contribution < -0.4 is 5.32 Å². The number of rotatable bonds is 4. The van der Waals surface area contributed by atoms with Gasteiger partial charge in [-0.3, -0.25) is 4.79 Å². The van der Waals surface area contributed by atoms with E-state index in [1.54, 1.807) is 17.1 Å². The fourth-order valence-electron chi connectivity index (χ4n) is 2.33. The number of hydrogen-bond donors (Lipinski definition) is 1. The molecule has 21 heavy (non-hydrogen) atoms. The van der Waals surface area contributed by atoms with Crippen LogP contribution in [0.5, 0.6) is 0 Å². The molecule has 6 heteroatoms. The van der Waals surface area contributed by atoms with Crippen molar-refractivity contribution in [1.29, 1.82) is 0 Å². The molecule has 1 fully saturated rings. The van der Waals surface area contributed by atoms with E-state index in [2.05, 4.69) is 29.2 Å². The minimum atomic E-state index is -0.0359. The summed E-state index contributed by atoms with van der Waals surface area (Å²) in [5.74, 6) is 2.88. The van der Waals surface area contributed by atoms with Gasteiger partial charge in [-0.1, -0.05) is 19.9 Å². The Kier molecular flexibility index (Phi) is 3.96. The van der Waals surface area contributed by atoms with Crippen molar-refractivity contribution in [2.24, 2.45) is 0 Å². The molecule has 5 nitrogen and oxygen atoms in total. The standard InChI is InChI=1S/C15H18N4OS/c1-10(2)14-12(15(20)18-11-8-21-9-11)7-17-19(14)13-5-3-4-6-16-13/h3-7,10-11H,8-9H2,1-2H3,(H,18,20). The van der Waals surface area contributed by atoms with Crippen LogP contribution in [0.4, 0.5) is 0 Å². The summed E-state index contributed by atoms with van der Waals surface area (Å²) in [6, 6.07) is 5.97. The van der Waals surface area contributed by atoms with Crippen LogP contribution in [0.25, 0.3) is 5.82 Å². The Morgan fingerprint density at radius 3 is 2.81 bits per heavy atom. The van der Waals surface area contributed by atoms with Crippen LogP contribution in [-0.4, -0.2) is 38.2 Å². The van der Waals surface area contributed by atoms with Gasteiger partial charge >= 0.3 is 0 Å². The molecule has 0 saturated carbocycles. The Labute approximate surface area is 128 Å². The smallest absolute Gasteiger partial charge is 0.255 e. The highest BCUT2D eigenvalue weighted by Crippen LogP contribution is 2.23. The Morgan fingerprint density at radius 1 is 1.43 bits per heavy atom. The predicted molar refractivity (Wildman–Crippen MR) is 84.0 cm³/mol. The zero-order valence-electron chi connectivity index (χ0n) is 12.1. The van der Waals surface area contributed by atoms with Crippen molar-refractivity contribution in [1.82, 2.24) is 20.1 Å². The van der Waals surface area contributed by atoms with Gasteiger partial charge in [0.25, 0.3) is 5.91 Å². The maximum atomic E-state index is 12.4. The molecule has 0 radical (unpaired) electrons. The molecule has 0 aliphatic carbocycles. The molecule has 2 aromatic heterocycles. The molecular weight excluding hydrogens is 284 g/mol. The second-order valence-corrected chi connectivity index (χ2v) is 6.48. The summed E-state index contributed by atoms with van der Waals surface area (Å²) < 4.78 is 1.76. The Hall–Kier alpha value is -1.82. The molecule has 1 aliphatic rings. The van der Waals surface area contributed by atoms with E-state index in [0.717, 1.165) is 23.0 Å². The van der Waals surface area contributed by atoms with E-state index in [1.807, 2.05) is 30.0 Å². The first kappa shape index (κ1) is 14.1. The Bertz CT molecular complexity index is 634. The molecule has 0 unspecified atom stereocenters. The average molecular weight is 302 g/mol. The molecular formula is C15H18N4OS. The second kappa shape index (κ2) is 5.89. The highest BCUT2D eigenvalue weighted by Gasteiger charge is 2.25. The summed E-state index contributed by atoms with van der Waals surface area (Å²) >= 11 is 1.85. The number of carbonyl (C=O) groups is 1. The lowest BCUT2D eigenvalue weighted by Gasteiger charge is -2.26. The van der Waals surface area contributed by atoms with Crippen molar-refractivity contribution in [2.45, 2.75) is 25.8 Å². The zero-order chi connectivity index (χ0) is 14.8. The van der Waals surface area contributed by atoms with Crippen LogP contribution in [0.1, 0.15) is 35.8 Å². The summed E-state index contributed by atoms with van der Waals surface area (Å²) in [6.07, 6.45) is 3.37. The van der Waals surface area contributed by atoms with Gasteiger partial charge in [0, 0.05) is 23.7 Å². The van der Waals surface area contributed by atoms with Crippen molar-refractivity contribution in [3.8, 4) is 5.82 Å². The lowest BCUT2D eigenvalue weighted by Crippen LogP contribution is -2.44. The van der Waals surface area contributed by atoms with E-state index in [1.165, 1.54) is 0 Å². The summed E-state index contributed by atoms with van der Waals surface area (Å²) in [5, 5.41) is 7.43. The Balaban J connectivity index is 1.94. The quantitative estimate of drug-likeness (QED) is 0.941. The molecule has 0 bridgehead atoms. The van der Waals surface area contributed by atoms with Crippen molar-refractivity contribution in [3.63, 3.8) is 0 Å². The number of nitrogens with one attached hydrogen (secondary N) is 1. The summed E-state index contributed by atoms with van der Waals surface area (Å²) in [5.41, 5.74) is 1.55. The second-order valence-electron chi connectivity index (χ2n) is 5.41. The third-order valence-corrected chi connectivity index (χ3v) is 4.71. The fourth-order valence-corrected chi connectivity index (χ4v) is 2.97. The highest BCUT2D eigenvalue weighted by atomic mass is 32.2. The SMILES string of the molecule is CC(C)c1c(C(=O)NC2CSC2)cnn1-c1ccccn1. The maximum Gasteiger partial charge on any atom is 0.255 e. The molecule has 1 saturated heterocycles. The number of nitrogens with zero attached hydrogens (tertiary/aromatic N) is 3. The molecule has 0 atom stereocenters. The van der Waals surface area contributed by atoms with Gasteiger partial charge in [-0.15, -0.1) is 0 Å². The molecule has 1 amide bonds. The van der Waals surface area contributed by atoms with Gasteiger partial charge in [-0.25, -0.2) is 9.67 Å². The molecule has 110 valence electrons. The van der Waals surface area contributed by atoms with E-state index < -0.39 is 0 Å². The molecule has 3 rings (SSSR count). The molecule has 0 aromatic carbocycles. The number of hydrogen-bond acceptors (Lipinski definition) is 4. The van der Waals surface area contributed by atoms with Gasteiger partial charge in [0.1, 0.15) is 0 Å². The third kappa shape index (κ3) is 2.81. The largest absolute Gasteiger partial charge is 0.348 e.